The van der Waals surface area contributed by atoms with Crippen LogP contribution in [-0.4, -0.2) is 18.5 Å². The first-order valence-electron chi connectivity index (χ1n) is 10.4. The van der Waals surface area contributed by atoms with Crippen molar-refractivity contribution in [1.82, 2.24) is 0 Å². The molecule has 25 heavy (non-hydrogen) atoms. The second-order valence-electron chi connectivity index (χ2n) is 9.45. The summed E-state index contributed by atoms with van der Waals surface area (Å²) in [4.78, 5) is 12.2. The minimum atomic E-state index is 0.136. The Morgan fingerprint density at radius 1 is 1.12 bits per heavy atom. The van der Waals surface area contributed by atoms with E-state index in [-0.39, 0.29) is 5.41 Å². The van der Waals surface area contributed by atoms with Gasteiger partial charge in [-0.25, -0.2) is 0 Å². The molecule has 6 atom stereocenters. The van der Waals surface area contributed by atoms with Gasteiger partial charge in [-0.05, 0) is 93.0 Å². The number of ether oxygens (including phenoxy) is 1. The third-order valence-corrected chi connectivity index (χ3v) is 8.42. The van der Waals surface area contributed by atoms with Crippen LogP contribution in [0.4, 0.5) is 0 Å². The van der Waals surface area contributed by atoms with Crippen LogP contribution in [0.1, 0.15) is 72.6 Å². The minimum Gasteiger partial charge on any atom is -0.378 e. The summed E-state index contributed by atoms with van der Waals surface area (Å²) in [7, 11) is 0. The smallest absolute Gasteiger partial charge is 0.156 e. The summed E-state index contributed by atoms with van der Waals surface area (Å²) < 4.78 is 5.95. The number of allylic oxidation sites excluding steroid dienone is 3. The lowest BCUT2D eigenvalue weighted by Crippen LogP contribution is -2.50. The van der Waals surface area contributed by atoms with Crippen LogP contribution in [0.3, 0.4) is 0 Å². The predicted molar refractivity (Wildman–Crippen MR) is 101 cm³/mol. The van der Waals surface area contributed by atoms with E-state index in [1.807, 2.05) is 0 Å². The summed E-state index contributed by atoms with van der Waals surface area (Å²) in [6.45, 7) is 9.62. The fraction of sp³-hybridized carbons (Fsp3) is 0.783. The van der Waals surface area contributed by atoms with Crippen molar-refractivity contribution in [3.05, 3.63) is 23.3 Å². The van der Waals surface area contributed by atoms with Gasteiger partial charge in [-0.2, -0.15) is 0 Å². The molecule has 0 spiro atoms. The zero-order valence-corrected chi connectivity index (χ0v) is 16.4. The van der Waals surface area contributed by atoms with E-state index in [1.165, 1.54) is 32.1 Å². The molecule has 0 aromatic heterocycles. The Balaban J connectivity index is 1.60. The number of carbonyl (C=O) groups is 1. The molecule has 0 aliphatic heterocycles. The zero-order valence-electron chi connectivity index (χ0n) is 16.4. The van der Waals surface area contributed by atoms with Gasteiger partial charge in [0.15, 0.2) is 5.78 Å². The molecule has 0 aromatic carbocycles. The van der Waals surface area contributed by atoms with Crippen molar-refractivity contribution >= 4 is 5.78 Å². The van der Waals surface area contributed by atoms with Gasteiger partial charge >= 0.3 is 0 Å². The lowest BCUT2D eigenvalue weighted by atomic mass is 9.47. The van der Waals surface area contributed by atoms with Crippen LogP contribution in [0.2, 0.25) is 0 Å². The van der Waals surface area contributed by atoms with Gasteiger partial charge in [0.2, 0.25) is 0 Å². The van der Waals surface area contributed by atoms with Crippen molar-refractivity contribution < 1.29 is 9.53 Å². The molecule has 0 saturated heterocycles. The molecule has 0 bridgehead atoms. The van der Waals surface area contributed by atoms with Crippen LogP contribution >= 0.6 is 0 Å². The van der Waals surface area contributed by atoms with Crippen molar-refractivity contribution in [1.29, 1.82) is 0 Å². The molecular formula is C23H34O2. The maximum Gasteiger partial charge on any atom is 0.156 e. The quantitative estimate of drug-likeness (QED) is 0.635. The van der Waals surface area contributed by atoms with Crippen LogP contribution < -0.4 is 0 Å². The SMILES string of the molecule is CCOC1CC[C@@]2(C)C(=CC[C@@H]3[C@@H]2CC[C@]2(C)C(C(C)=O)=CC[C@@H]32)C1. The number of hydrogen-bond donors (Lipinski definition) is 0. The molecule has 1 unspecified atom stereocenters. The van der Waals surface area contributed by atoms with Gasteiger partial charge in [0, 0.05) is 6.61 Å². The van der Waals surface area contributed by atoms with Gasteiger partial charge in [0.25, 0.3) is 0 Å². The molecule has 2 heteroatoms. The standard InChI is InChI=1S/C23H34O2/c1-5-25-17-10-12-22(3)16(14-17)6-7-18-20-9-8-19(15(2)24)23(20,4)13-11-21(18)22/h6,8,17-18,20-21H,5,7,9-14H2,1-4H3/t17?,18-,20-,21-,22-,23+/m0/s1. The molecule has 0 heterocycles. The number of fused-ring (bicyclic) bond motifs is 5. The Kier molecular flexibility index (Phi) is 4.26. The Bertz CT molecular complexity index is 630. The Morgan fingerprint density at radius 2 is 1.88 bits per heavy atom. The fourth-order valence-corrected chi connectivity index (χ4v) is 7.12. The summed E-state index contributed by atoms with van der Waals surface area (Å²) in [6.07, 6.45) is 13.7. The average molecular weight is 343 g/mol. The van der Waals surface area contributed by atoms with Gasteiger partial charge in [0.05, 0.1) is 6.10 Å². The van der Waals surface area contributed by atoms with Crippen molar-refractivity contribution in [3.8, 4) is 0 Å². The van der Waals surface area contributed by atoms with Gasteiger partial charge in [-0.3, -0.25) is 4.79 Å². The van der Waals surface area contributed by atoms with Crippen LogP contribution in [0, 0.1) is 28.6 Å². The topological polar surface area (TPSA) is 26.3 Å². The Morgan fingerprint density at radius 3 is 2.60 bits per heavy atom. The summed E-state index contributed by atoms with van der Waals surface area (Å²) in [5, 5.41) is 0. The average Bonchev–Trinajstić information content (AvgIpc) is 2.93. The van der Waals surface area contributed by atoms with E-state index in [4.69, 9.17) is 4.74 Å². The Hall–Kier alpha value is -0.890. The van der Waals surface area contributed by atoms with Gasteiger partial charge < -0.3 is 4.74 Å². The molecule has 2 saturated carbocycles. The molecule has 4 aliphatic carbocycles. The van der Waals surface area contributed by atoms with E-state index >= 15 is 0 Å². The third-order valence-electron chi connectivity index (χ3n) is 8.42. The lowest BCUT2D eigenvalue weighted by Gasteiger charge is -2.57. The van der Waals surface area contributed by atoms with E-state index < -0.39 is 0 Å². The molecule has 2 nitrogen and oxygen atoms in total. The van der Waals surface area contributed by atoms with Crippen molar-refractivity contribution in [2.75, 3.05) is 6.61 Å². The monoisotopic (exact) mass is 342 g/mol. The zero-order chi connectivity index (χ0) is 17.8. The first-order valence-corrected chi connectivity index (χ1v) is 10.4. The highest BCUT2D eigenvalue weighted by molar-refractivity contribution is 5.95. The molecule has 138 valence electrons. The number of ketones is 1. The van der Waals surface area contributed by atoms with Crippen LogP contribution in [-0.2, 0) is 9.53 Å². The molecule has 0 radical (unpaired) electrons. The lowest BCUT2D eigenvalue weighted by molar-refractivity contribution is -0.115. The highest BCUT2D eigenvalue weighted by Crippen LogP contribution is 2.65. The largest absolute Gasteiger partial charge is 0.378 e. The van der Waals surface area contributed by atoms with E-state index in [0.29, 0.717) is 23.2 Å². The van der Waals surface area contributed by atoms with Crippen molar-refractivity contribution in [2.24, 2.45) is 28.6 Å². The molecule has 2 fully saturated rings. The third kappa shape index (κ3) is 2.51. The maximum atomic E-state index is 12.2. The van der Waals surface area contributed by atoms with E-state index in [0.717, 1.165) is 36.9 Å². The molecule has 4 aliphatic rings. The van der Waals surface area contributed by atoms with Crippen LogP contribution in [0.15, 0.2) is 23.3 Å². The highest BCUT2D eigenvalue weighted by atomic mass is 16.5. The summed E-state index contributed by atoms with van der Waals surface area (Å²) in [5.41, 5.74) is 3.32. The second-order valence-corrected chi connectivity index (χ2v) is 9.45. The van der Waals surface area contributed by atoms with Gasteiger partial charge in [-0.15, -0.1) is 0 Å². The molecule has 4 rings (SSSR count). The van der Waals surface area contributed by atoms with E-state index in [1.54, 1.807) is 12.5 Å². The normalized spacial score (nSPS) is 45.8. The van der Waals surface area contributed by atoms with Crippen LogP contribution in [0.5, 0.6) is 0 Å². The minimum absolute atomic E-state index is 0.136. The maximum absolute atomic E-state index is 12.2. The first kappa shape index (κ1) is 17.5. The number of carbonyl (C=O) groups excluding carboxylic acids is 1. The Labute approximate surface area is 153 Å². The highest BCUT2D eigenvalue weighted by Gasteiger charge is 2.57. The summed E-state index contributed by atoms with van der Waals surface area (Å²) in [5.74, 6) is 2.53. The molecule has 0 N–H and O–H groups in total. The first-order chi connectivity index (χ1) is 11.9. The van der Waals surface area contributed by atoms with Gasteiger partial charge in [0.1, 0.15) is 0 Å². The summed E-state index contributed by atoms with van der Waals surface area (Å²) >= 11 is 0. The van der Waals surface area contributed by atoms with Gasteiger partial charge in [-0.1, -0.05) is 31.6 Å². The predicted octanol–water partition coefficient (Wildman–Crippen LogP) is 5.48. The second kappa shape index (κ2) is 6.08. The van der Waals surface area contributed by atoms with Crippen LogP contribution in [0.25, 0.3) is 0 Å². The molecule has 0 aromatic rings. The molecular weight excluding hydrogens is 308 g/mol. The van der Waals surface area contributed by atoms with E-state index in [9.17, 15) is 4.79 Å². The number of rotatable bonds is 3. The fourth-order valence-electron chi connectivity index (χ4n) is 7.12. The number of Topliss-reactive ketones (excluding diaryl/α,β-unsaturated/α-hetero) is 1. The summed E-state index contributed by atoms with van der Waals surface area (Å²) in [6, 6.07) is 0. The number of hydrogen-bond acceptors (Lipinski definition) is 2. The molecule has 0 amide bonds. The van der Waals surface area contributed by atoms with Crippen molar-refractivity contribution in [2.45, 2.75) is 78.7 Å². The van der Waals surface area contributed by atoms with E-state index in [2.05, 4.69) is 32.9 Å². The van der Waals surface area contributed by atoms with Crippen molar-refractivity contribution in [3.63, 3.8) is 0 Å².